The predicted molar refractivity (Wildman–Crippen MR) is 68.5 cm³/mol. The number of nitrogens with zero attached hydrogens (tertiary/aromatic N) is 2. The van der Waals surface area contributed by atoms with E-state index in [9.17, 15) is 4.79 Å². The van der Waals surface area contributed by atoms with Crippen LogP contribution in [0.1, 0.15) is 25.7 Å². The molecule has 0 aromatic heterocycles. The quantitative estimate of drug-likeness (QED) is 0.792. The van der Waals surface area contributed by atoms with Gasteiger partial charge in [-0.15, -0.1) is 0 Å². The molecule has 0 spiro atoms. The SMILES string of the molecule is C=C(Br)CN1CCC(N2CCCC2=O)CC1. The van der Waals surface area contributed by atoms with E-state index in [4.69, 9.17) is 0 Å². The Morgan fingerprint density at radius 3 is 2.56 bits per heavy atom. The Balaban J connectivity index is 1.80. The van der Waals surface area contributed by atoms with E-state index in [1.807, 2.05) is 0 Å². The first kappa shape index (κ1) is 12.1. The van der Waals surface area contributed by atoms with Crippen LogP contribution in [0.4, 0.5) is 0 Å². The number of hydrogen-bond donors (Lipinski definition) is 0. The smallest absolute Gasteiger partial charge is 0.222 e. The van der Waals surface area contributed by atoms with E-state index in [0.29, 0.717) is 11.9 Å². The van der Waals surface area contributed by atoms with Crippen LogP contribution < -0.4 is 0 Å². The van der Waals surface area contributed by atoms with Crippen LogP contribution in [0.5, 0.6) is 0 Å². The minimum Gasteiger partial charge on any atom is -0.340 e. The summed E-state index contributed by atoms with van der Waals surface area (Å²) in [7, 11) is 0. The molecule has 4 heteroatoms. The normalized spacial score (nSPS) is 24.1. The van der Waals surface area contributed by atoms with Crippen LogP contribution in [-0.2, 0) is 4.79 Å². The van der Waals surface area contributed by atoms with Gasteiger partial charge in [-0.3, -0.25) is 9.69 Å². The Hall–Kier alpha value is -0.350. The number of hydrogen-bond acceptors (Lipinski definition) is 2. The lowest BCUT2D eigenvalue weighted by Crippen LogP contribution is -2.45. The Kier molecular flexibility index (Phi) is 4.03. The lowest BCUT2D eigenvalue weighted by molar-refractivity contribution is -0.130. The fourth-order valence-corrected chi connectivity index (χ4v) is 3.04. The zero-order valence-electron chi connectivity index (χ0n) is 9.62. The van der Waals surface area contributed by atoms with Crippen molar-refractivity contribution < 1.29 is 4.79 Å². The van der Waals surface area contributed by atoms with E-state index in [1.54, 1.807) is 0 Å². The predicted octanol–water partition coefficient (Wildman–Crippen LogP) is 1.98. The van der Waals surface area contributed by atoms with Crippen LogP contribution in [0.25, 0.3) is 0 Å². The third kappa shape index (κ3) is 2.86. The fraction of sp³-hybridized carbons (Fsp3) is 0.750. The second kappa shape index (κ2) is 5.32. The molecule has 2 aliphatic rings. The molecule has 0 N–H and O–H groups in total. The minimum absolute atomic E-state index is 0.364. The fourth-order valence-electron chi connectivity index (χ4n) is 2.69. The summed E-state index contributed by atoms with van der Waals surface area (Å²) in [5.74, 6) is 0.364. The van der Waals surface area contributed by atoms with Gasteiger partial charge in [0.1, 0.15) is 0 Å². The number of piperidine rings is 1. The van der Waals surface area contributed by atoms with Gasteiger partial charge in [-0.25, -0.2) is 0 Å². The highest BCUT2D eigenvalue weighted by atomic mass is 79.9. The Labute approximate surface area is 106 Å². The molecule has 3 nitrogen and oxygen atoms in total. The molecule has 0 saturated carbocycles. The zero-order valence-corrected chi connectivity index (χ0v) is 11.2. The van der Waals surface area contributed by atoms with E-state index in [1.165, 1.54) is 0 Å². The maximum Gasteiger partial charge on any atom is 0.222 e. The van der Waals surface area contributed by atoms with Crippen molar-refractivity contribution in [2.45, 2.75) is 31.7 Å². The average Bonchev–Trinajstić information content (AvgIpc) is 2.65. The summed E-state index contributed by atoms with van der Waals surface area (Å²) in [6.07, 6.45) is 4.05. The highest BCUT2D eigenvalue weighted by molar-refractivity contribution is 9.11. The van der Waals surface area contributed by atoms with Gasteiger partial charge in [0.2, 0.25) is 5.91 Å². The Bertz CT molecular complexity index is 285. The highest BCUT2D eigenvalue weighted by Crippen LogP contribution is 2.22. The average molecular weight is 287 g/mol. The molecule has 0 unspecified atom stereocenters. The van der Waals surface area contributed by atoms with Crippen molar-refractivity contribution >= 4 is 21.8 Å². The minimum atomic E-state index is 0.364. The first-order valence-electron chi connectivity index (χ1n) is 6.02. The van der Waals surface area contributed by atoms with Gasteiger partial charge in [-0.1, -0.05) is 22.5 Å². The lowest BCUT2D eigenvalue weighted by Gasteiger charge is -2.36. The molecule has 0 aliphatic carbocycles. The molecular weight excluding hydrogens is 268 g/mol. The van der Waals surface area contributed by atoms with Gasteiger partial charge in [0.25, 0.3) is 0 Å². The van der Waals surface area contributed by atoms with Crippen molar-refractivity contribution in [1.82, 2.24) is 9.80 Å². The Morgan fingerprint density at radius 1 is 1.38 bits per heavy atom. The van der Waals surface area contributed by atoms with Crippen molar-refractivity contribution in [1.29, 1.82) is 0 Å². The molecule has 0 atom stereocenters. The van der Waals surface area contributed by atoms with Crippen molar-refractivity contribution in [3.63, 3.8) is 0 Å². The summed E-state index contributed by atoms with van der Waals surface area (Å²) in [6, 6.07) is 0.495. The van der Waals surface area contributed by atoms with Gasteiger partial charge in [-0.2, -0.15) is 0 Å². The van der Waals surface area contributed by atoms with Crippen LogP contribution >= 0.6 is 15.9 Å². The van der Waals surface area contributed by atoms with Crippen molar-refractivity contribution in [3.8, 4) is 0 Å². The van der Waals surface area contributed by atoms with Gasteiger partial charge in [0.05, 0.1) is 0 Å². The second-order valence-electron chi connectivity index (χ2n) is 4.72. The number of carbonyl (C=O) groups excluding carboxylic acids is 1. The molecule has 0 aromatic rings. The van der Waals surface area contributed by atoms with Crippen molar-refractivity contribution in [2.24, 2.45) is 0 Å². The molecule has 2 rings (SSSR count). The van der Waals surface area contributed by atoms with E-state index in [0.717, 1.165) is 56.3 Å². The van der Waals surface area contributed by atoms with Crippen LogP contribution in [0.15, 0.2) is 11.1 Å². The van der Waals surface area contributed by atoms with Crippen LogP contribution in [-0.4, -0.2) is 47.9 Å². The molecule has 90 valence electrons. The number of rotatable bonds is 3. The summed E-state index contributed by atoms with van der Waals surface area (Å²) >= 11 is 3.40. The molecule has 1 amide bonds. The Morgan fingerprint density at radius 2 is 2.06 bits per heavy atom. The van der Waals surface area contributed by atoms with E-state index in [-0.39, 0.29) is 0 Å². The number of likely N-dealkylation sites (tertiary alicyclic amines) is 2. The maximum absolute atomic E-state index is 11.6. The van der Waals surface area contributed by atoms with Gasteiger partial charge in [0.15, 0.2) is 0 Å². The summed E-state index contributed by atoms with van der Waals surface area (Å²) in [5, 5.41) is 0. The lowest BCUT2D eigenvalue weighted by atomic mass is 10.0. The number of amides is 1. The molecule has 0 bridgehead atoms. The van der Waals surface area contributed by atoms with Gasteiger partial charge in [-0.05, 0) is 19.3 Å². The standard InChI is InChI=1S/C12H19BrN2O/c1-10(13)9-14-7-4-11(5-8-14)15-6-2-3-12(15)16/h11H,1-9H2. The van der Waals surface area contributed by atoms with Gasteiger partial charge < -0.3 is 4.90 Å². The molecular formula is C12H19BrN2O. The molecule has 2 fully saturated rings. The summed E-state index contributed by atoms with van der Waals surface area (Å²) in [5.41, 5.74) is 0. The monoisotopic (exact) mass is 286 g/mol. The van der Waals surface area contributed by atoms with Crippen LogP contribution in [0, 0.1) is 0 Å². The van der Waals surface area contributed by atoms with Gasteiger partial charge in [0, 0.05) is 43.1 Å². The second-order valence-corrected chi connectivity index (χ2v) is 5.84. The molecule has 2 heterocycles. The number of halogens is 1. The molecule has 2 saturated heterocycles. The topological polar surface area (TPSA) is 23.6 Å². The van der Waals surface area contributed by atoms with Gasteiger partial charge >= 0.3 is 0 Å². The molecule has 0 radical (unpaired) electrons. The molecule has 16 heavy (non-hydrogen) atoms. The van der Waals surface area contributed by atoms with Crippen molar-refractivity contribution in [2.75, 3.05) is 26.2 Å². The van der Waals surface area contributed by atoms with Crippen LogP contribution in [0.3, 0.4) is 0 Å². The third-order valence-corrected chi connectivity index (χ3v) is 3.75. The largest absolute Gasteiger partial charge is 0.340 e. The number of carbonyl (C=O) groups is 1. The summed E-state index contributed by atoms with van der Waals surface area (Å²) in [4.78, 5) is 16.1. The summed E-state index contributed by atoms with van der Waals surface area (Å²) < 4.78 is 1.04. The first-order chi connectivity index (χ1) is 7.66. The van der Waals surface area contributed by atoms with E-state index >= 15 is 0 Å². The first-order valence-corrected chi connectivity index (χ1v) is 6.81. The zero-order chi connectivity index (χ0) is 11.5. The van der Waals surface area contributed by atoms with Crippen LogP contribution in [0.2, 0.25) is 0 Å². The summed E-state index contributed by atoms with van der Waals surface area (Å²) in [6.45, 7) is 7.95. The van der Waals surface area contributed by atoms with E-state index in [2.05, 4.69) is 32.3 Å². The molecule has 0 aromatic carbocycles. The van der Waals surface area contributed by atoms with Crippen molar-refractivity contribution in [3.05, 3.63) is 11.1 Å². The molecule has 2 aliphatic heterocycles. The van der Waals surface area contributed by atoms with E-state index < -0.39 is 0 Å². The maximum atomic E-state index is 11.6. The highest BCUT2D eigenvalue weighted by Gasteiger charge is 2.30. The third-order valence-electron chi connectivity index (χ3n) is 3.50.